The minimum Gasteiger partial charge on any atom is -0.308 e. The van der Waals surface area contributed by atoms with Gasteiger partial charge in [-0.25, -0.2) is 0 Å². The summed E-state index contributed by atoms with van der Waals surface area (Å²) in [5.74, 6) is 0. The van der Waals surface area contributed by atoms with Crippen molar-refractivity contribution in [3.05, 3.63) is 149 Å². The van der Waals surface area contributed by atoms with Crippen LogP contribution in [-0.2, 0) is 6.42 Å². The normalized spacial score (nSPS) is 12.8. The molecule has 0 aliphatic heterocycles. The highest BCUT2D eigenvalue weighted by atomic mass is 14.9. The van der Waals surface area contributed by atoms with Crippen molar-refractivity contribution in [2.75, 3.05) is 0 Å². The Balaban J connectivity index is 1.21. The van der Waals surface area contributed by atoms with Gasteiger partial charge in [0, 0.05) is 26.7 Å². The number of unbranched alkanes of at least 4 members (excludes halogenated alkanes) is 1. The van der Waals surface area contributed by atoms with Crippen LogP contribution in [0.4, 0.5) is 0 Å². The van der Waals surface area contributed by atoms with Crippen LogP contribution in [0.15, 0.2) is 121 Å². The van der Waals surface area contributed by atoms with Crippen molar-refractivity contribution in [1.29, 1.82) is 0 Å². The first kappa shape index (κ1) is 29.7. The van der Waals surface area contributed by atoms with Crippen molar-refractivity contribution < 1.29 is 0 Å². The van der Waals surface area contributed by atoms with Crippen molar-refractivity contribution in [3.63, 3.8) is 0 Å². The smallest absolute Gasteiger partial charge is 0.0620 e. The summed E-state index contributed by atoms with van der Waals surface area (Å²) in [5.41, 5.74) is 17.2. The number of para-hydroxylation sites is 1. The minimum absolute atomic E-state index is 1.05. The van der Waals surface area contributed by atoms with E-state index in [1.54, 1.807) is 0 Å². The molecule has 0 unspecified atom stereocenters. The lowest BCUT2D eigenvalue weighted by molar-refractivity contribution is 0.797. The van der Waals surface area contributed by atoms with Gasteiger partial charge in [-0.15, -0.1) is 0 Å². The van der Waals surface area contributed by atoms with Crippen molar-refractivity contribution in [1.82, 2.24) is 4.40 Å². The Bertz CT molecular complexity index is 2650. The van der Waals surface area contributed by atoms with Gasteiger partial charge in [-0.3, -0.25) is 0 Å². The molecule has 0 atom stereocenters. The highest BCUT2D eigenvalue weighted by Crippen LogP contribution is 2.41. The van der Waals surface area contributed by atoms with Gasteiger partial charge in [0.05, 0.1) is 11.0 Å². The first-order chi connectivity index (χ1) is 24.1. The zero-order valence-corrected chi connectivity index (χ0v) is 28.7. The fraction of sp³-hybridized carbons (Fsp3) is 0.167. The number of hydrogen-bond donors (Lipinski definition) is 0. The van der Waals surface area contributed by atoms with E-state index in [0.29, 0.717) is 0 Å². The van der Waals surface area contributed by atoms with Crippen molar-refractivity contribution in [2.45, 2.75) is 52.9 Å². The summed E-state index contributed by atoms with van der Waals surface area (Å²) in [7, 11) is 0. The molecule has 2 heterocycles. The molecular weight excluding hydrogens is 591 g/mol. The number of hydrogen-bond acceptors (Lipinski definition) is 0. The number of fused-ring (bicyclic) bond motifs is 6. The van der Waals surface area contributed by atoms with Gasteiger partial charge in [-0.05, 0) is 119 Å². The molecular formula is C48H41N. The molecule has 0 amide bonds. The Hall–Kier alpha value is -5.40. The Kier molecular flexibility index (Phi) is 7.24. The number of aryl methyl sites for hydroxylation is 1. The van der Waals surface area contributed by atoms with E-state index < -0.39 is 0 Å². The maximum Gasteiger partial charge on any atom is 0.0620 e. The Morgan fingerprint density at radius 3 is 2.10 bits per heavy atom. The van der Waals surface area contributed by atoms with E-state index in [0.717, 1.165) is 25.7 Å². The van der Waals surface area contributed by atoms with Gasteiger partial charge in [0.15, 0.2) is 0 Å². The van der Waals surface area contributed by atoms with E-state index in [9.17, 15) is 0 Å². The number of rotatable bonds is 7. The van der Waals surface area contributed by atoms with E-state index in [-0.39, 0.29) is 0 Å². The molecule has 49 heavy (non-hydrogen) atoms. The summed E-state index contributed by atoms with van der Waals surface area (Å²) in [6, 6.07) is 45.5. The highest BCUT2D eigenvalue weighted by Gasteiger charge is 2.20. The first-order valence-electron chi connectivity index (χ1n) is 18.0. The number of aromatic nitrogens is 1. The fourth-order valence-electron chi connectivity index (χ4n) is 8.50. The molecule has 1 heteroatoms. The largest absolute Gasteiger partial charge is 0.308 e. The molecule has 0 saturated heterocycles. The molecule has 0 N–H and O–H groups in total. The zero-order chi connectivity index (χ0) is 33.1. The molecule has 8 aromatic rings. The topological polar surface area (TPSA) is 4.41 Å². The van der Waals surface area contributed by atoms with Crippen LogP contribution in [0, 0.1) is 13.8 Å². The van der Waals surface area contributed by atoms with E-state index in [1.807, 2.05) is 0 Å². The molecule has 1 nitrogen and oxygen atoms in total. The van der Waals surface area contributed by atoms with Gasteiger partial charge in [-0.2, -0.15) is 0 Å². The van der Waals surface area contributed by atoms with Crippen LogP contribution < -0.4 is 10.6 Å². The Morgan fingerprint density at radius 1 is 0.551 bits per heavy atom. The molecule has 0 saturated carbocycles. The third-order valence-corrected chi connectivity index (χ3v) is 11.0. The number of nitrogens with zero attached hydrogens (tertiary/aromatic N) is 1. The SMILES string of the molecule is CCCCc1c(-c2ccc3c(c2)c2cccc4c5c(n3c42)=CCCC=5)cccc1-c1cccc(-c2cc(-c3ccccc3)ccc2C)c1C. The van der Waals surface area contributed by atoms with Gasteiger partial charge in [0.1, 0.15) is 0 Å². The molecule has 0 radical (unpaired) electrons. The van der Waals surface area contributed by atoms with Crippen LogP contribution in [-0.4, -0.2) is 4.40 Å². The summed E-state index contributed by atoms with van der Waals surface area (Å²) < 4.78 is 2.52. The van der Waals surface area contributed by atoms with E-state index >= 15 is 0 Å². The summed E-state index contributed by atoms with van der Waals surface area (Å²) in [4.78, 5) is 0. The highest BCUT2D eigenvalue weighted by molar-refractivity contribution is 6.15. The zero-order valence-electron chi connectivity index (χ0n) is 28.7. The molecule has 1 aliphatic carbocycles. The van der Waals surface area contributed by atoms with Gasteiger partial charge in [-0.1, -0.05) is 129 Å². The van der Waals surface area contributed by atoms with Crippen LogP contribution in [0.1, 0.15) is 49.3 Å². The summed E-state index contributed by atoms with van der Waals surface area (Å²) in [6.45, 7) is 6.85. The lowest BCUT2D eigenvalue weighted by Crippen LogP contribution is -2.27. The molecule has 0 spiro atoms. The Labute approximate surface area is 288 Å². The molecule has 9 rings (SSSR count). The van der Waals surface area contributed by atoms with E-state index in [2.05, 4.69) is 159 Å². The van der Waals surface area contributed by atoms with Gasteiger partial charge in [0.25, 0.3) is 0 Å². The molecule has 2 aromatic heterocycles. The summed E-state index contributed by atoms with van der Waals surface area (Å²) in [6.07, 6.45) is 10.5. The lowest BCUT2D eigenvalue weighted by Gasteiger charge is -2.20. The first-order valence-corrected chi connectivity index (χ1v) is 18.0. The van der Waals surface area contributed by atoms with Crippen molar-refractivity contribution in [3.8, 4) is 44.5 Å². The van der Waals surface area contributed by atoms with Gasteiger partial charge in [0.2, 0.25) is 0 Å². The van der Waals surface area contributed by atoms with Gasteiger partial charge < -0.3 is 4.40 Å². The molecule has 0 fully saturated rings. The minimum atomic E-state index is 1.05. The second-order valence-electron chi connectivity index (χ2n) is 13.9. The van der Waals surface area contributed by atoms with Crippen molar-refractivity contribution >= 4 is 39.3 Å². The average Bonchev–Trinajstić information content (AvgIpc) is 3.67. The molecule has 0 bridgehead atoms. The van der Waals surface area contributed by atoms with Crippen molar-refractivity contribution in [2.24, 2.45) is 0 Å². The second kappa shape index (κ2) is 11.9. The van der Waals surface area contributed by atoms with Crippen LogP contribution in [0.5, 0.6) is 0 Å². The molecule has 238 valence electrons. The standard InChI is InChI=1S/C48H41N/c1-4-5-16-40-38(35-27-28-47-45(30-35)43-23-13-22-42-41-17-9-10-24-46(41)49(47)48(42)43)20-12-21-39(40)36-18-11-19-37(32(36)3)44-29-34(26-25-31(44)2)33-14-7-6-8-15-33/h6-8,11-15,17-30H,4-5,9-10,16H2,1-3H3. The van der Waals surface area contributed by atoms with Crippen LogP contribution in [0.2, 0.25) is 0 Å². The van der Waals surface area contributed by atoms with Crippen LogP contribution in [0.3, 0.4) is 0 Å². The van der Waals surface area contributed by atoms with Crippen LogP contribution in [0.25, 0.3) is 83.9 Å². The maximum atomic E-state index is 2.52. The monoisotopic (exact) mass is 631 g/mol. The maximum absolute atomic E-state index is 2.52. The second-order valence-corrected chi connectivity index (χ2v) is 13.9. The Morgan fingerprint density at radius 2 is 1.27 bits per heavy atom. The summed E-state index contributed by atoms with van der Waals surface area (Å²) >= 11 is 0. The fourth-order valence-corrected chi connectivity index (χ4v) is 8.50. The van der Waals surface area contributed by atoms with Gasteiger partial charge >= 0.3 is 0 Å². The third-order valence-electron chi connectivity index (χ3n) is 11.0. The average molecular weight is 632 g/mol. The third kappa shape index (κ3) is 4.75. The van der Waals surface area contributed by atoms with E-state index in [4.69, 9.17) is 0 Å². The quantitative estimate of drug-likeness (QED) is 0.165. The molecule has 1 aliphatic rings. The molecule has 6 aromatic carbocycles. The summed E-state index contributed by atoms with van der Waals surface area (Å²) in [5, 5.41) is 6.86. The number of benzene rings is 6. The lowest BCUT2D eigenvalue weighted by atomic mass is 9.84. The predicted octanol–water partition coefficient (Wildman–Crippen LogP) is 11.7. The predicted molar refractivity (Wildman–Crippen MR) is 211 cm³/mol. The van der Waals surface area contributed by atoms with E-state index in [1.165, 1.54) is 105 Å². The van der Waals surface area contributed by atoms with Crippen LogP contribution >= 0.6 is 0 Å².